The Morgan fingerprint density at radius 3 is 2.65 bits per heavy atom. The molecular weight excluding hydrogens is 374 g/mol. The summed E-state index contributed by atoms with van der Waals surface area (Å²) < 4.78 is 0. The van der Waals surface area contributed by atoms with Gasteiger partial charge in [0.05, 0.1) is 10.0 Å². The number of hydrogen-bond donors (Lipinski definition) is 1. The summed E-state index contributed by atoms with van der Waals surface area (Å²) >= 11 is 12.0. The van der Waals surface area contributed by atoms with Crippen LogP contribution in [0, 0.1) is 5.92 Å². The van der Waals surface area contributed by atoms with Gasteiger partial charge in [0.25, 0.3) is 0 Å². The Morgan fingerprint density at radius 1 is 1.17 bits per heavy atom. The highest BCUT2D eigenvalue weighted by Crippen LogP contribution is 2.25. The Hall–Kier alpha value is 0.140. The number of nitrogens with one attached hydrogen (secondary N) is 1. The van der Waals surface area contributed by atoms with Gasteiger partial charge < -0.3 is 10.2 Å². The second-order valence-electron chi connectivity index (χ2n) is 6.03. The Bertz CT molecular complexity index is 443. The molecule has 1 aliphatic rings. The number of nitrogens with zero attached hydrogens (tertiary/aromatic N) is 1. The number of unbranched alkanes of at least 4 members (excludes halogenated alkanes) is 2. The van der Waals surface area contributed by atoms with E-state index >= 15 is 0 Å². The number of hydrogen-bond acceptors (Lipinski definition) is 2. The molecule has 0 spiro atoms. The topological polar surface area (TPSA) is 15.3 Å². The van der Waals surface area contributed by atoms with Crippen LogP contribution in [0.3, 0.4) is 0 Å². The summed E-state index contributed by atoms with van der Waals surface area (Å²) in [5, 5.41) is 4.73. The summed E-state index contributed by atoms with van der Waals surface area (Å²) in [6, 6.07) is 5.76. The summed E-state index contributed by atoms with van der Waals surface area (Å²) in [6.07, 6.45) is 6.63. The summed E-state index contributed by atoms with van der Waals surface area (Å²) in [5.41, 5.74) is 1.06. The average molecular weight is 402 g/mol. The molecule has 0 saturated carbocycles. The predicted molar refractivity (Wildman–Crippen MR) is 108 cm³/mol. The van der Waals surface area contributed by atoms with E-state index in [-0.39, 0.29) is 24.8 Å². The molecule has 1 atom stereocenters. The predicted octanol–water partition coefficient (Wildman–Crippen LogP) is 6.15. The number of likely N-dealkylation sites (tertiary alicyclic amines) is 1. The van der Waals surface area contributed by atoms with Crippen molar-refractivity contribution in [3.05, 3.63) is 28.2 Å². The second kappa shape index (κ2) is 12.5. The van der Waals surface area contributed by atoms with E-state index in [0.29, 0.717) is 10.0 Å². The van der Waals surface area contributed by atoms with Gasteiger partial charge in [0.15, 0.2) is 0 Å². The zero-order chi connectivity index (χ0) is 15.1. The number of halogens is 4. The van der Waals surface area contributed by atoms with E-state index in [1.807, 2.05) is 18.2 Å². The standard InChI is InChI=1S/C17H26Cl2N2.2ClH/c1-2-3-4-9-21-10-5-6-14(13-21)12-20-15-7-8-16(18)17(19)11-15;;/h7-8,11,14,20H,2-6,9-10,12-13H2,1H3;2*1H. The molecule has 0 bridgehead atoms. The van der Waals surface area contributed by atoms with Crippen molar-refractivity contribution >= 4 is 53.7 Å². The van der Waals surface area contributed by atoms with Crippen LogP contribution in [0.5, 0.6) is 0 Å². The first-order chi connectivity index (χ1) is 10.2. The van der Waals surface area contributed by atoms with Crippen molar-refractivity contribution in [2.45, 2.75) is 39.0 Å². The lowest BCUT2D eigenvalue weighted by molar-refractivity contribution is 0.177. The number of piperidine rings is 1. The summed E-state index contributed by atoms with van der Waals surface area (Å²) in [4.78, 5) is 2.63. The minimum absolute atomic E-state index is 0. The maximum Gasteiger partial charge on any atom is 0.0612 e. The lowest BCUT2D eigenvalue weighted by Crippen LogP contribution is -2.38. The van der Waals surface area contributed by atoms with E-state index < -0.39 is 0 Å². The van der Waals surface area contributed by atoms with Crippen molar-refractivity contribution in [2.75, 3.05) is 31.5 Å². The molecule has 134 valence electrons. The molecule has 1 N–H and O–H groups in total. The summed E-state index contributed by atoms with van der Waals surface area (Å²) in [7, 11) is 0. The van der Waals surface area contributed by atoms with Crippen LogP contribution in [0.1, 0.15) is 39.0 Å². The fourth-order valence-electron chi connectivity index (χ4n) is 2.97. The molecule has 0 radical (unpaired) electrons. The third-order valence-corrected chi connectivity index (χ3v) is 4.93. The first-order valence-corrected chi connectivity index (χ1v) is 8.86. The molecule has 23 heavy (non-hydrogen) atoms. The maximum atomic E-state index is 6.05. The van der Waals surface area contributed by atoms with Gasteiger partial charge in [-0.1, -0.05) is 43.0 Å². The molecule has 1 aromatic carbocycles. The molecule has 1 aromatic rings. The molecule has 1 saturated heterocycles. The average Bonchev–Trinajstić information content (AvgIpc) is 2.49. The van der Waals surface area contributed by atoms with Gasteiger partial charge in [-0.2, -0.15) is 0 Å². The van der Waals surface area contributed by atoms with Gasteiger partial charge in [-0.05, 0) is 56.5 Å². The van der Waals surface area contributed by atoms with Gasteiger partial charge >= 0.3 is 0 Å². The van der Waals surface area contributed by atoms with E-state index in [0.717, 1.165) is 18.2 Å². The first-order valence-electron chi connectivity index (χ1n) is 8.10. The molecule has 2 rings (SSSR count). The summed E-state index contributed by atoms with van der Waals surface area (Å²) in [5.74, 6) is 0.731. The molecule has 1 aliphatic heterocycles. The van der Waals surface area contributed by atoms with Crippen LogP contribution in [-0.4, -0.2) is 31.1 Å². The van der Waals surface area contributed by atoms with E-state index in [1.165, 1.54) is 51.7 Å². The first kappa shape index (κ1) is 23.1. The molecular formula is C17H28Cl4N2. The molecule has 6 heteroatoms. The van der Waals surface area contributed by atoms with E-state index in [9.17, 15) is 0 Å². The van der Waals surface area contributed by atoms with Crippen LogP contribution in [0.4, 0.5) is 5.69 Å². The maximum absolute atomic E-state index is 6.05. The molecule has 2 nitrogen and oxygen atoms in total. The normalized spacial score (nSPS) is 18.0. The quantitative estimate of drug-likeness (QED) is 0.551. The Morgan fingerprint density at radius 2 is 1.96 bits per heavy atom. The highest BCUT2D eigenvalue weighted by atomic mass is 35.5. The van der Waals surface area contributed by atoms with Crippen molar-refractivity contribution in [3.8, 4) is 0 Å². The molecule has 1 fully saturated rings. The molecule has 0 amide bonds. The Labute approximate surface area is 163 Å². The Kier molecular flexibility index (Phi) is 12.6. The van der Waals surface area contributed by atoms with Crippen molar-refractivity contribution in [3.63, 3.8) is 0 Å². The molecule has 0 aromatic heterocycles. The van der Waals surface area contributed by atoms with Gasteiger partial charge in [-0.25, -0.2) is 0 Å². The fourth-order valence-corrected chi connectivity index (χ4v) is 3.27. The van der Waals surface area contributed by atoms with Crippen molar-refractivity contribution in [1.82, 2.24) is 4.90 Å². The number of rotatable bonds is 7. The summed E-state index contributed by atoms with van der Waals surface area (Å²) in [6.45, 7) is 7.03. The van der Waals surface area contributed by atoms with Crippen LogP contribution in [0.25, 0.3) is 0 Å². The number of benzene rings is 1. The van der Waals surface area contributed by atoms with Crippen LogP contribution < -0.4 is 5.32 Å². The SMILES string of the molecule is CCCCCN1CCCC(CNc2ccc(Cl)c(Cl)c2)C1.Cl.Cl. The molecule has 1 unspecified atom stereocenters. The van der Waals surface area contributed by atoms with E-state index in [4.69, 9.17) is 23.2 Å². The van der Waals surface area contributed by atoms with Gasteiger partial charge in [-0.15, -0.1) is 24.8 Å². The zero-order valence-electron chi connectivity index (χ0n) is 13.7. The zero-order valence-corrected chi connectivity index (χ0v) is 16.8. The minimum atomic E-state index is 0. The smallest absolute Gasteiger partial charge is 0.0612 e. The van der Waals surface area contributed by atoms with Gasteiger partial charge in [0, 0.05) is 18.8 Å². The lowest BCUT2D eigenvalue weighted by Gasteiger charge is -2.33. The number of anilines is 1. The highest BCUT2D eigenvalue weighted by Gasteiger charge is 2.19. The van der Waals surface area contributed by atoms with Crippen LogP contribution in [0.15, 0.2) is 18.2 Å². The molecule has 1 heterocycles. The van der Waals surface area contributed by atoms with E-state index in [1.54, 1.807) is 0 Å². The largest absolute Gasteiger partial charge is 0.385 e. The minimum Gasteiger partial charge on any atom is -0.385 e. The van der Waals surface area contributed by atoms with Crippen LogP contribution in [0.2, 0.25) is 10.0 Å². The van der Waals surface area contributed by atoms with Crippen molar-refractivity contribution in [1.29, 1.82) is 0 Å². The second-order valence-corrected chi connectivity index (χ2v) is 6.84. The lowest BCUT2D eigenvalue weighted by atomic mass is 9.97. The Balaban J connectivity index is 0.00000242. The third-order valence-electron chi connectivity index (χ3n) is 4.20. The van der Waals surface area contributed by atoms with Gasteiger partial charge in [0.2, 0.25) is 0 Å². The van der Waals surface area contributed by atoms with Crippen LogP contribution in [-0.2, 0) is 0 Å². The third kappa shape index (κ3) is 8.18. The van der Waals surface area contributed by atoms with Crippen molar-refractivity contribution in [2.24, 2.45) is 5.92 Å². The molecule has 0 aliphatic carbocycles. The van der Waals surface area contributed by atoms with E-state index in [2.05, 4.69) is 17.1 Å². The fraction of sp³-hybridized carbons (Fsp3) is 0.647. The highest BCUT2D eigenvalue weighted by molar-refractivity contribution is 6.42. The van der Waals surface area contributed by atoms with Crippen LogP contribution >= 0.6 is 48.0 Å². The van der Waals surface area contributed by atoms with Crippen molar-refractivity contribution < 1.29 is 0 Å². The monoisotopic (exact) mass is 400 g/mol. The van der Waals surface area contributed by atoms with Gasteiger partial charge in [0.1, 0.15) is 0 Å². The van der Waals surface area contributed by atoms with Gasteiger partial charge in [-0.3, -0.25) is 0 Å².